The van der Waals surface area contributed by atoms with Gasteiger partial charge in [0.2, 0.25) is 0 Å². The summed E-state index contributed by atoms with van der Waals surface area (Å²) >= 11 is 1.70. The highest BCUT2D eigenvalue weighted by molar-refractivity contribution is 7.20. The summed E-state index contributed by atoms with van der Waals surface area (Å²) in [5.41, 5.74) is 0.809. The van der Waals surface area contributed by atoms with Crippen LogP contribution in [0.3, 0.4) is 0 Å². The van der Waals surface area contributed by atoms with Gasteiger partial charge in [-0.3, -0.25) is 4.79 Å². The molecule has 0 aliphatic carbocycles. The Morgan fingerprint density at radius 1 is 1.33 bits per heavy atom. The number of nitrogens with one attached hydrogen (secondary N) is 1. The summed E-state index contributed by atoms with van der Waals surface area (Å²) in [6.45, 7) is 9.63. The van der Waals surface area contributed by atoms with Gasteiger partial charge in [-0.05, 0) is 28.9 Å². The first-order valence-electron chi connectivity index (χ1n) is 6.24. The Kier molecular flexibility index (Phi) is 3.59. The highest BCUT2D eigenvalue weighted by Gasteiger charge is 2.22. The molecule has 0 saturated carbocycles. The van der Waals surface area contributed by atoms with E-state index in [9.17, 15) is 4.79 Å². The molecule has 0 aliphatic heterocycles. The van der Waals surface area contributed by atoms with Crippen molar-refractivity contribution >= 4 is 40.6 Å². The summed E-state index contributed by atoms with van der Waals surface area (Å²) < 4.78 is 1.13. The van der Waals surface area contributed by atoms with Crippen molar-refractivity contribution in [1.82, 2.24) is 5.32 Å². The lowest BCUT2D eigenvalue weighted by atomic mass is 10.1. The average Bonchev–Trinajstić information content (AvgIpc) is 2.72. The van der Waals surface area contributed by atoms with Crippen LogP contribution in [0, 0.1) is 0 Å². The van der Waals surface area contributed by atoms with Crippen LogP contribution >= 0.6 is 11.3 Å². The Bertz CT molecular complexity index is 583. The van der Waals surface area contributed by atoms with Crippen LogP contribution in [0.25, 0.3) is 10.1 Å². The van der Waals surface area contributed by atoms with Crippen LogP contribution in [-0.4, -0.2) is 20.5 Å². The minimum Gasteiger partial charge on any atom is -0.352 e. The van der Waals surface area contributed by atoms with Crippen molar-refractivity contribution in [3.63, 3.8) is 0 Å². The number of hydrogen-bond donors (Lipinski definition) is 1. The number of fused-ring (bicyclic) bond motifs is 1. The van der Waals surface area contributed by atoms with E-state index in [0.29, 0.717) is 6.54 Å². The van der Waals surface area contributed by atoms with E-state index in [0.717, 1.165) is 10.3 Å². The number of hydrogen-bond acceptors (Lipinski definition) is 2. The maximum Gasteiger partial charge on any atom is 0.252 e. The van der Waals surface area contributed by atoms with E-state index in [1.807, 2.05) is 19.1 Å². The van der Waals surface area contributed by atoms with Crippen molar-refractivity contribution in [3.05, 3.63) is 29.1 Å². The molecule has 4 heteroatoms. The van der Waals surface area contributed by atoms with Gasteiger partial charge in [0.05, 0.1) is 13.6 Å². The number of carbonyl (C=O) groups excluding carboxylic acids is 1. The number of amides is 1. The van der Waals surface area contributed by atoms with Crippen molar-refractivity contribution in [2.75, 3.05) is 6.54 Å². The molecule has 0 radical (unpaired) electrons. The summed E-state index contributed by atoms with van der Waals surface area (Å²) in [5.74, 6) is 0.0343. The van der Waals surface area contributed by atoms with E-state index in [-0.39, 0.29) is 5.91 Å². The molecule has 96 valence electrons. The first kappa shape index (κ1) is 13.3. The molecule has 2 nitrogen and oxygen atoms in total. The SMILES string of the molecule is CCNC(=O)c1cccc2c([Si](C)(C)C)csc12. The smallest absolute Gasteiger partial charge is 0.252 e. The lowest BCUT2D eigenvalue weighted by Crippen LogP contribution is -2.36. The van der Waals surface area contributed by atoms with Gasteiger partial charge in [-0.2, -0.15) is 0 Å². The molecule has 18 heavy (non-hydrogen) atoms. The fourth-order valence-corrected chi connectivity index (χ4v) is 5.73. The van der Waals surface area contributed by atoms with Crippen molar-refractivity contribution in [3.8, 4) is 0 Å². The lowest BCUT2D eigenvalue weighted by Gasteiger charge is -2.15. The third kappa shape index (κ3) is 2.35. The van der Waals surface area contributed by atoms with Gasteiger partial charge in [-0.25, -0.2) is 0 Å². The summed E-state index contributed by atoms with van der Waals surface area (Å²) in [7, 11) is -1.34. The van der Waals surface area contributed by atoms with Gasteiger partial charge < -0.3 is 5.32 Å². The summed E-state index contributed by atoms with van der Waals surface area (Å²) in [4.78, 5) is 12.0. The third-order valence-electron chi connectivity index (χ3n) is 2.99. The molecule has 1 N–H and O–H groups in total. The first-order valence-corrected chi connectivity index (χ1v) is 10.6. The molecule has 0 aliphatic rings. The van der Waals surface area contributed by atoms with E-state index in [1.165, 1.54) is 10.6 Å². The molecule has 0 bridgehead atoms. The number of benzene rings is 1. The molecule has 2 rings (SSSR count). The summed E-state index contributed by atoms with van der Waals surface area (Å²) in [6.07, 6.45) is 0. The van der Waals surface area contributed by atoms with Crippen LogP contribution in [0.4, 0.5) is 0 Å². The molecule has 1 aromatic carbocycles. The molecule has 1 heterocycles. The van der Waals surface area contributed by atoms with Crippen molar-refractivity contribution < 1.29 is 4.79 Å². The zero-order valence-corrected chi connectivity index (χ0v) is 13.1. The minimum absolute atomic E-state index is 0.0343. The Labute approximate surface area is 113 Å². The topological polar surface area (TPSA) is 29.1 Å². The van der Waals surface area contributed by atoms with Gasteiger partial charge in [0.1, 0.15) is 0 Å². The van der Waals surface area contributed by atoms with Gasteiger partial charge in [-0.15, -0.1) is 11.3 Å². The van der Waals surface area contributed by atoms with Gasteiger partial charge in [0.25, 0.3) is 5.91 Å². The van der Waals surface area contributed by atoms with E-state index in [2.05, 4.69) is 36.4 Å². The van der Waals surface area contributed by atoms with Crippen LogP contribution in [0.2, 0.25) is 19.6 Å². The minimum atomic E-state index is -1.34. The van der Waals surface area contributed by atoms with E-state index in [4.69, 9.17) is 0 Å². The maximum absolute atomic E-state index is 12.0. The number of carbonyl (C=O) groups is 1. The maximum atomic E-state index is 12.0. The molecule has 0 fully saturated rings. The first-order chi connectivity index (χ1) is 8.45. The van der Waals surface area contributed by atoms with Crippen LogP contribution in [0.5, 0.6) is 0 Å². The monoisotopic (exact) mass is 277 g/mol. The van der Waals surface area contributed by atoms with Crippen molar-refractivity contribution in [2.24, 2.45) is 0 Å². The molecule has 0 saturated heterocycles. The largest absolute Gasteiger partial charge is 0.352 e. The molecule has 0 unspecified atom stereocenters. The number of thiophene rings is 1. The Morgan fingerprint density at radius 3 is 2.67 bits per heavy atom. The molecule has 0 spiro atoms. The molecular formula is C14H19NOSSi. The van der Waals surface area contributed by atoms with E-state index < -0.39 is 8.07 Å². The fraction of sp³-hybridized carbons (Fsp3) is 0.357. The Balaban J connectivity index is 2.59. The van der Waals surface area contributed by atoms with Crippen LogP contribution in [0.15, 0.2) is 23.6 Å². The Morgan fingerprint density at radius 2 is 2.06 bits per heavy atom. The standard InChI is InChI=1S/C14H19NOSSi/c1-5-15-14(16)11-8-6-7-10-12(18(2,3)4)9-17-13(10)11/h6-9H,5H2,1-4H3,(H,15,16). The van der Waals surface area contributed by atoms with Crippen LogP contribution < -0.4 is 10.5 Å². The highest BCUT2D eigenvalue weighted by atomic mass is 32.1. The fourth-order valence-electron chi connectivity index (χ4n) is 2.07. The Hall–Kier alpha value is -1.13. The van der Waals surface area contributed by atoms with Crippen LogP contribution in [-0.2, 0) is 0 Å². The van der Waals surface area contributed by atoms with Crippen molar-refractivity contribution in [2.45, 2.75) is 26.6 Å². The normalized spacial score (nSPS) is 11.8. The van der Waals surface area contributed by atoms with Crippen LogP contribution in [0.1, 0.15) is 17.3 Å². The molecular weight excluding hydrogens is 258 g/mol. The second-order valence-electron chi connectivity index (χ2n) is 5.44. The zero-order valence-electron chi connectivity index (χ0n) is 11.3. The zero-order chi connectivity index (χ0) is 13.3. The molecule has 2 aromatic rings. The predicted octanol–water partition coefficient (Wildman–Crippen LogP) is 3.20. The molecule has 1 aromatic heterocycles. The van der Waals surface area contributed by atoms with Gasteiger partial charge in [-0.1, -0.05) is 31.8 Å². The summed E-state index contributed by atoms with van der Waals surface area (Å²) in [6, 6.07) is 6.04. The highest BCUT2D eigenvalue weighted by Crippen LogP contribution is 2.25. The molecule has 0 atom stereocenters. The van der Waals surface area contributed by atoms with E-state index in [1.54, 1.807) is 11.3 Å². The lowest BCUT2D eigenvalue weighted by molar-refractivity contribution is 0.0957. The second-order valence-corrected chi connectivity index (χ2v) is 11.4. The summed E-state index contributed by atoms with van der Waals surface area (Å²) in [5, 5.41) is 7.84. The van der Waals surface area contributed by atoms with Gasteiger partial charge in [0, 0.05) is 11.2 Å². The van der Waals surface area contributed by atoms with E-state index >= 15 is 0 Å². The molecule has 1 amide bonds. The second kappa shape index (κ2) is 4.86. The quantitative estimate of drug-likeness (QED) is 0.858. The average molecular weight is 277 g/mol. The predicted molar refractivity (Wildman–Crippen MR) is 82.8 cm³/mol. The van der Waals surface area contributed by atoms with Crippen molar-refractivity contribution in [1.29, 1.82) is 0 Å². The third-order valence-corrected chi connectivity index (χ3v) is 6.26. The van der Waals surface area contributed by atoms with Gasteiger partial charge >= 0.3 is 0 Å². The number of rotatable bonds is 3. The van der Waals surface area contributed by atoms with Gasteiger partial charge in [0.15, 0.2) is 0 Å².